The third kappa shape index (κ3) is 3.59. The Labute approximate surface area is 163 Å². The molecule has 0 bridgehead atoms. The highest BCUT2D eigenvalue weighted by molar-refractivity contribution is 6.06. The van der Waals surface area contributed by atoms with Gasteiger partial charge in [0.05, 0.1) is 29.9 Å². The third-order valence-electron chi connectivity index (χ3n) is 5.57. The molecule has 2 aromatic carbocycles. The van der Waals surface area contributed by atoms with Crippen LogP contribution in [0.3, 0.4) is 0 Å². The molecule has 6 heteroatoms. The van der Waals surface area contributed by atoms with Crippen molar-refractivity contribution in [3.8, 4) is 5.75 Å². The molecule has 146 valence electrons. The zero-order valence-electron chi connectivity index (χ0n) is 16.1. The summed E-state index contributed by atoms with van der Waals surface area (Å²) >= 11 is 0. The smallest absolute Gasteiger partial charge is 0.258 e. The van der Waals surface area contributed by atoms with Gasteiger partial charge >= 0.3 is 0 Å². The van der Waals surface area contributed by atoms with Gasteiger partial charge in [-0.2, -0.15) is 5.10 Å². The first-order chi connectivity index (χ1) is 13.5. The lowest BCUT2D eigenvalue weighted by atomic mass is 9.87. The van der Waals surface area contributed by atoms with Crippen LogP contribution in [-0.2, 0) is 0 Å². The van der Waals surface area contributed by atoms with Crippen molar-refractivity contribution in [3.63, 3.8) is 0 Å². The van der Waals surface area contributed by atoms with Gasteiger partial charge in [0.15, 0.2) is 0 Å². The van der Waals surface area contributed by atoms with Crippen LogP contribution in [0.25, 0.3) is 10.9 Å². The van der Waals surface area contributed by atoms with Gasteiger partial charge in [0.1, 0.15) is 11.6 Å². The van der Waals surface area contributed by atoms with Gasteiger partial charge in [-0.05, 0) is 49.8 Å². The Morgan fingerprint density at radius 3 is 2.68 bits per heavy atom. The minimum Gasteiger partial charge on any atom is -0.494 e. The van der Waals surface area contributed by atoms with Gasteiger partial charge < -0.3 is 10.1 Å². The highest BCUT2D eigenvalue weighted by atomic mass is 19.1. The molecule has 0 unspecified atom stereocenters. The van der Waals surface area contributed by atoms with Crippen LogP contribution in [0.2, 0.25) is 0 Å². The molecule has 0 atom stereocenters. The van der Waals surface area contributed by atoms with E-state index in [9.17, 15) is 9.18 Å². The van der Waals surface area contributed by atoms with Crippen LogP contribution < -0.4 is 10.1 Å². The second kappa shape index (κ2) is 7.62. The summed E-state index contributed by atoms with van der Waals surface area (Å²) in [6.07, 6.45) is 6.71. The van der Waals surface area contributed by atoms with Crippen LogP contribution in [0, 0.1) is 11.7 Å². The largest absolute Gasteiger partial charge is 0.494 e. The lowest BCUT2D eigenvalue weighted by Crippen LogP contribution is -2.16. The van der Waals surface area contributed by atoms with Gasteiger partial charge in [-0.1, -0.05) is 19.1 Å². The SMILES string of the molecule is COc1cc2nn(C3CCC(C)CC3)cc2cc1NC(=O)c1ccccc1F. The monoisotopic (exact) mass is 381 g/mol. The van der Waals surface area contributed by atoms with E-state index in [0.29, 0.717) is 17.5 Å². The summed E-state index contributed by atoms with van der Waals surface area (Å²) in [6, 6.07) is 9.97. The first-order valence-electron chi connectivity index (χ1n) is 9.68. The summed E-state index contributed by atoms with van der Waals surface area (Å²) < 4.78 is 21.4. The fourth-order valence-corrected chi connectivity index (χ4v) is 3.87. The fourth-order valence-electron chi connectivity index (χ4n) is 3.87. The molecular formula is C22H24FN3O2. The van der Waals surface area contributed by atoms with Gasteiger partial charge in [0.25, 0.3) is 5.91 Å². The molecule has 1 saturated carbocycles. The number of methoxy groups -OCH3 is 1. The third-order valence-corrected chi connectivity index (χ3v) is 5.57. The molecule has 0 radical (unpaired) electrons. The fraction of sp³-hybridized carbons (Fsp3) is 0.364. The average Bonchev–Trinajstić information content (AvgIpc) is 3.11. The second-order valence-electron chi connectivity index (χ2n) is 7.57. The van der Waals surface area contributed by atoms with Crippen LogP contribution in [0.5, 0.6) is 5.75 Å². The molecule has 1 aromatic heterocycles. The van der Waals surface area contributed by atoms with E-state index in [-0.39, 0.29) is 5.56 Å². The summed E-state index contributed by atoms with van der Waals surface area (Å²) in [7, 11) is 1.54. The van der Waals surface area contributed by atoms with Crippen LogP contribution >= 0.6 is 0 Å². The maximum absolute atomic E-state index is 13.9. The molecule has 4 rings (SSSR count). The van der Waals surface area contributed by atoms with Gasteiger partial charge in [-0.25, -0.2) is 4.39 Å². The van der Waals surface area contributed by atoms with E-state index >= 15 is 0 Å². The minimum atomic E-state index is -0.556. The average molecular weight is 381 g/mol. The number of hydrogen-bond acceptors (Lipinski definition) is 3. The highest BCUT2D eigenvalue weighted by Gasteiger charge is 2.21. The van der Waals surface area contributed by atoms with Gasteiger partial charge in [0.2, 0.25) is 0 Å². The zero-order valence-corrected chi connectivity index (χ0v) is 16.1. The van der Waals surface area contributed by atoms with E-state index in [1.54, 1.807) is 19.2 Å². The van der Waals surface area contributed by atoms with Crippen molar-refractivity contribution >= 4 is 22.5 Å². The molecule has 1 amide bonds. The van der Waals surface area contributed by atoms with E-state index in [1.807, 2.05) is 23.0 Å². The molecular weight excluding hydrogens is 357 g/mol. The first-order valence-corrected chi connectivity index (χ1v) is 9.68. The molecule has 1 aliphatic carbocycles. The van der Waals surface area contributed by atoms with E-state index in [2.05, 4.69) is 12.2 Å². The molecule has 1 heterocycles. The van der Waals surface area contributed by atoms with E-state index in [0.717, 1.165) is 29.7 Å². The summed E-state index contributed by atoms with van der Waals surface area (Å²) in [6.45, 7) is 2.30. The molecule has 3 aromatic rings. The zero-order chi connectivity index (χ0) is 19.7. The van der Waals surface area contributed by atoms with Crippen molar-refractivity contribution < 1.29 is 13.9 Å². The number of rotatable bonds is 4. The van der Waals surface area contributed by atoms with Gasteiger partial charge in [0, 0.05) is 17.6 Å². The van der Waals surface area contributed by atoms with Crippen LogP contribution in [0.1, 0.15) is 49.0 Å². The van der Waals surface area contributed by atoms with Crippen LogP contribution in [0.4, 0.5) is 10.1 Å². The second-order valence-corrected chi connectivity index (χ2v) is 7.57. The number of ether oxygens (including phenoxy) is 1. The molecule has 1 fully saturated rings. The van der Waals surface area contributed by atoms with Crippen LogP contribution in [0.15, 0.2) is 42.6 Å². The number of fused-ring (bicyclic) bond motifs is 1. The van der Waals surface area contributed by atoms with Crippen molar-refractivity contribution in [3.05, 3.63) is 54.0 Å². The lowest BCUT2D eigenvalue weighted by Gasteiger charge is -2.26. The maximum Gasteiger partial charge on any atom is 0.258 e. The molecule has 1 aliphatic rings. The maximum atomic E-state index is 13.9. The van der Waals surface area contributed by atoms with E-state index in [4.69, 9.17) is 9.84 Å². The summed E-state index contributed by atoms with van der Waals surface area (Å²) in [5.41, 5.74) is 1.32. The van der Waals surface area contributed by atoms with Crippen molar-refractivity contribution in [2.24, 2.45) is 5.92 Å². The number of benzene rings is 2. The lowest BCUT2D eigenvalue weighted by molar-refractivity contribution is 0.102. The number of hydrogen-bond donors (Lipinski definition) is 1. The Bertz CT molecular complexity index is 1010. The number of carbonyl (C=O) groups is 1. The Hall–Kier alpha value is -2.89. The quantitative estimate of drug-likeness (QED) is 0.677. The standard InChI is InChI=1S/C22H24FN3O2/c1-14-7-9-16(10-8-14)26-13-15-11-20(21(28-2)12-19(15)25-26)24-22(27)17-5-3-4-6-18(17)23/h3-6,11-14,16H,7-10H2,1-2H3,(H,24,27). The van der Waals surface area contributed by atoms with Crippen molar-refractivity contribution in [1.82, 2.24) is 9.78 Å². The summed E-state index contributed by atoms with van der Waals surface area (Å²) in [4.78, 5) is 12.5. The van der Waals surface area contributed by atoms with Crippen LogP contribution in [-0.4, -0.2) is 22.8 Å². The molecule has 28 heavy (non-hydrogen) atoms. The predicted octanol–water partition coefficient (Wildman–Crippen LogP) is 5.19. The van der Waals surface area contributed by atoms with Crippen molar-refractivity contribution in [1.29, 1.82) is 0 Å². The topological polar surface area (TPSA) is 56.1 Å². The normalized spacial score (nSPS) is 19.5. The van der Waals surface area contributed by atoms with Crippen molar-refractivity contribution in [2.75, 3.05) is 12.4 Å². The molecule has 0 spiro atoms. The molecule has 1 N–H and O–H groups in total. The Morgan fingerprint density at radius 2 is 1.96 bits per heavy atom. The molecule has 0 saturated heterocycles. The Morgan fingerprint density at radius 1 is 1.21 bits per heavy atom. The summed E-state index contributed by atoms with van der Waals surface area (Å²) in [5.74, 6) is 0.213. The van der Waals surface area contributed by atoms with Gasteiger partial charge in [-0.15, -0.1) is 0 Å². The number of carbonyl (C=O) groups excluding carboxylic acids is 1. The highest BCUT2D eigenvalue weighted by Crippen LogP contribution is 2.34. The first kappa shape index (κ1) is 18.5. The van der Waals surface area contributed by atoms with Gasteiger partial charge in [-0.3, -0.25) is 9.48 Å². The Balaban J connectivity index is 1.63. The summed E-state index contributed by atoms with van der Waals surface area (Å²) in [5, 5.41) is 8.41. The minimum absolute atomic E-state index is 0.00308. The van der Waals surface area contributed by atoms with Crippen molar-refractivity contribution in [2.45, 2.75) is 38.6 Å². The van der Waals surface area contributed by atoms with E-state index < -0.39 is 11.7 Å². The predicted molar refractivity (Wildman–Crippen MR) is 107 cm³/mol. The number of halogens is 1. The number of aromatic nitrogens is 2. The molecule has 5 nitrogen and oxygen atoms in total. The Kier molecular flexibility index (Phi) is 5.03. The number of nitrogens with zero attached hydrogens (tertiary/aromatic N) is 2. The van der Waals surface area contributed by atoms with E-state index in [1.165, 1.54) is 25.0 Å². The number of anilines is 1. The number of nitrogens with one attached hydrogen (secondary N) is 1. The molecule has 0 aliphatic heterocycles. The number of amides is 1.